The number of hydrogen-bond donors (Lipinski definition) is 1. The Morgan fingerprint density at radius 2 is 2.24 bits per heavy atom. The SMILES string of the molecule is CN(CCCC(=O)O)C(=O)c1ccnc(F)c1. The van der Waals surface area contributed by atoms with Crippen molar-refractivity contribution in [2.24, 2.45) is 0 Å². The van der Waals surface area contributed by atoms with E-state index in [0.717, 1.165) is 6.07 Å². The largest absolute Gasteiger partial charge is 0.481 e. The summed E-state index contributed by atoms with van der Waals surface area (Å²) >= 11 is 0. The first kappa shape index (κ1) is 13.1. The van der Waals surface area contributed by atoms with Crippen LogP contribution < -0.4 is 0 Å². The van der Waals surface area contributed by atoms with Crippen molar-refractivity contribution in [2.45, 2.75) is 12.8 Å². The molecular formula is C11H13FN2O3. The quantitative estimate of drug-likeness (QED) is 0.784. The van der Waals surface area contributed by atoms with Crippen molar-refractivity contribution in [3.05, 3.63) is 29.8 Å². The molecule has 0 aliphatic heterocycles. The van der Waals surface area contributed by atoms with Crippen LogP contribution in [0.5, 0.6) is 0 Å². The number of pyridine rings is 1. The van der Waals surface area contributed by atoms with E-state index in [2.05, 4.69) is 4.98 Å². The Hall–Kier alpha value is -1.98. The number of aliphatic carboxylic acids is 1. The van der Waals surface area contributed by atoms with Crippen molar-refractivity contribution in [3.63, 3.8) is 0 Å². The summed E-state index contributed by atoms with van der Waals surface area (Å²) < 4.78 is 12.8. The average molecular weight is 240 g/mol. The molecule has 92 valence electrons. The van der Waals surface area contributed by atoms with Crippen LogP contribution in [-0.2, 0) is 4.79 Å². The zero-order chi connectivity index (χ0) is 12.8. The van der Waals surface area contributed by atoms with E-state index < -0.39 is 11.9 Å². The highest BCUT2D eigenvalue weighted by molar-refractivity contribution is 5.93. The Morgan fingerprint density at radius 1 is 1.53 bits per heavy atom. The molecule has 0 saturated carbocycles. The Morgan fingerprint density at radius 3 is 2.82 bits per heavy atom. The van der Waals surface area contributed by atoms with Gasteiger partial charge in [-0.15, -0.1) is 0 Å². The molecule has 0 aliphatic carbocycles. The molecule has 1 rings (SSSR count). The van der Waals surface area contributed by atoms with Crippen molar-refractivity contribution < 1.29 is 19.1 Å². The minimum atomic E-state index is -0.902. The summed E-state index contributed by atoms with van der Waals surface area (Å²) in [6.07, 6.45) is 1.58. The first-order valence-electron chi connectivity index (χ1n) is 5.09. The Bertz CT molecular complexity index is 423. The zero-order valence-electron chi connectivity index (χ0n) is 9.39. The highest BCUT2D eigenvalue weighted by atomic mass is 19.1. The van der Waals surface area contributed by atoms with Crippen LogP contribution in [0.15, 0.2) is 18.3 Å². The van der Waals surface area contributed by atoms with Gasteiger partial charge in [-0.25, -0.2) is 4.98 Å². The third-order valence-electron chi connectivity index (χ3n) is 2.20. The lowest BCUT2D eigenvalue weighted by Crippen LogP contribution is -2.28. The summed E-state index contributed by atoms with van der Waals surface area (Å²) in [4.78, 5) is 26.8. The summed E-state index contributed by atoms with van der Waals surface area (Å²) in [5.74, 6) is -1.97. The van der Waals surface area contributed by atoms with Crippen LogP contribution in [0.3, 0.4) is 0 Å². The number of carbonyl (C=O) groups excluding carboxylic acids is 1. The number of halogens is 1. The second kappa shape index (κ2) is 5.93. The Kier molecular flexibility index (Phi) is 4.56. The molecule has 0 aromatic carbocycles. The lowest BCUT2D eigenvalue weighted by Gasteiger charge is -2.16. The standard InChI is InChI=1S/C11H13FN2O3/c1-14(6-2-3-10(15)16)11(17)8-4-5-13-9(12)7-8/h4-5,7H,2-3,6H2,1H3,(H,15,16). The highest BCUT2D eigenvalue weighted by Crippen LogP contribution is 2.05. The van der Waals surface area contributed by atoms with Crippen molar-refractivity contribution in [1.29, 1.82) is 0 Å². The van der Waals surface area contributed by atoms with E-state index in [1.54, 1.807) is 7.05 Å². The van der Waals surface area contributed by atoms with Crippen molar-refractivity contribution in [1.82, 2.24) is 9.88 Å². The van der Waals surface area contributed by atoms with E-state index >= 15 is 0 Å². The lowest BCUT2D eigenvalue weighted by atomic mass is 10.2. The summed E-state index contributed by atoms with van der Waals surface area (Å²) in [7, 11) is 1.54. The molecule has 0 fully saturated rings. The van der Waals surface area contributed by atoms with Crippen molar-refractivity contribution >= 4 is 11.9 Å². The van der Waals surface area contributed by atoms with Gasteiger partial charge in [0.25, 0.3) is 5.91 Å². The monoisotopic (exact) mass is 240 g/mol. The molecule has 0 aliphatic rings. The van der Waals surface area contributed by atoms with Gasteiger partial charge in [-0.05, 0) is 12.5 Å². The normalized spacial score (nSPS) is 10.0. The van der Waals surface area contributed by atoms with Gasteiger partial charge >= 0.3 is 5.97 Å². The van der Waals surface area contributed by atoms with E-state index in [9.17, 15) is 14.0 Å². The number of amides is 1. The molecule has 5 nitrogen and oxygen atoms in total. The average Bonchev–Trinajstić information content (AvgIpc) is 2.27. The van der Waals surface area contributed by atoms with E-state index in [0.29, 0.717) is 13.0 Å². The fourth-order valence-corrected chi connectivity index (χ4v) is 1.32. The van der Waals surface area contributed by atoms with E-state index in [1.165, 1.54) is 17.2 Å². The molecule has 0 unspecified atom stereocenters. The molecule has 1 heterocycles. The molecule has 0 spiro atoms. The van der Waals surface area contributed by atoms with Crippen LogP contribution in [0.2, 0.25) is 0 Å². The van der Waals surface area contributed by atoms with Crippen LogP contribution in [0.25, 0.3) is 0 Å². The number of carbonyl (C=O) groups is 2. The zero-order valence-corrected chi connectivity index (χ0v) is 9.39. The second-order valence-electron chi connectivity index (χ2n) is 3.59. The van der Waals surface area contributed by atoms with Gasteiger partial charge in [-0.1, -0.05) is 0 Å². The third-order valence-corrected chi connectivity index (χ3v) is 2.20. The maximum atomic E-state index is 12.8. The summed E-state index contributed by atoms with van der Waals surface area (Å²) in [5, 5.41) is 8.46. The smallest absolute Gasteiger partial charge is 0.303 e. The van der Waals surface area contributed by atoms with Crippen molar-refractivity contribution in [2.75, 3.05) is 13.6 Å². The molecule has 0 atom stereocenters. The highest BCUT2D eigenvalue weighted by Gasteiger charge is 2.12. The first-order valence-corrected chi connectivity index (χ1v) is 5.09. The fraction of sp³-hybridized carbons (Fsp3) is 0.364. The molecule has 0 bridgehead atoms. The predicted molar refractivity (Wildman–Crippen MR) is 58.0 cm³/mol. The minimum Gasteiger partial charge on any atom is -0.481 e. The maximum absolute atomic E-state index is 12.8. The van der Waals surface area contributed by atoms with Gasteiger partial charge in [-0.3, -0.25) is 9.59 Å². The molecule has 17 heavy (non-hydrogen) atoms. The molecule has 1 aromatic rings. The van der Waals surface area contributed by atoms with Crippen LogP contribution in [0.4, 0.5) is 4.39 Å². The Labute approximate surface area is 97.9 Å². The van der Waals surface area contributed by atoms with E-state index in [-0.39, 0.29) is 17.9 Å². The van der Waals surface area contributed by atoms with Crippen LogP contribution in [0, 0.1) is 5.95 Å². The van der Waals surface area contributed by atoms with Crippen LogP contribution >= 0.6 is 0 Å². The van der Waals surface area contributed by atoms with Crippen LogP contribution in [0.1, 0.15) is 23.2 Å². The van der Waals surface area contributed by atoms with Gasteiger partial charge in [0.2, 0.25) is 5.95 Å². The molecule has 0 radical (unpaired) electrons. The van der Waals surface area contributed by atoms with Gasteiger partial charge in [0.15, 0.2) is 0 Å². The Balaban J connectivity index is 2.54. The fourth-order valence-electron chi connectivity index (χ4n) is 1.32. The topological polar surface area (TPSA) is 70.5 Å². The van der Waals surface area contributed by atoms with Gasteiger partial charge in [0.05, 0.1) is 0 Å². The number of rotatable bonds is 5. The minimum absolute atomic E-state index is 0.00231. The first-order chi connectivity index (χ1) is 8.00. The summed E-state index contributed by atoms with van der Waals surface area (Å²) in [5.41, 5.74) is 0.204. The molecule has 1 N–H and O–H groups in total. The third kappa shape index (κ3) is 4.18. The molecule has 6 heteroatoms. The van der Waals surface area contributed by atoms with E-state index in [1.807, 2.05) is 0 Å². The number of aromatic nitrogens is 1. The molecule has 0 saturated heterocycles. The summed E-state index contributed by atoms with van der Waals surface area (Å²) in [6, 6.07) is 2.47. The second-order valence-corrected chi connectivity index (χ2v) is 3.59. The number of carboxylic acid groups (broad SMARTS) is 1. The van der Waals surface area contributed by atoms with Crippen LogP contribution in [-0.4, -0.2) is 40.5 Å². The summed E-state index contributed by atoms with van der Waals surface area (Å²) in [6.45, 7) is 0.315. The van der Waals surface area contributed by atoms with Gasteiger partial charge in [0, 0.05) is 37.8 Å². The van der Waals surface area contributed by atoms with Gasteiger partial charge in [0.1, 0.15) is 0 Å². The lowest BCUT2D eigenvalue weighted by molar-refractivity contribution is -0.137. The van der Waals surface area contributed by atoms with Crippen molar-refractivity contribution in [3.8, 4) is 0 Å². The number of nitrogens with zero attached hydrogens (tertiary/aromatic N) is 2. The number of hydrogen-bond acceptors (Lipinski definition) is 3. The molecule has 1 amide bonds. The molecular weight excluding hydrogens is 227 g/mol. The van der Waals surface area contributed by atoms with Gasteiger partial charge < -0.3 is 10.0 Å². The maximum Gasteiger partial charge on any atom is 0.303 e. The number of carboxylic acids is 1. The van der Waals surface area contributed by atoms with E-state index in [4.69, 9.17) is 5.11 Å². The molecule has 1 aromatic heterocycles. The predicted octanol–water partition coefficient (Wildman–Crippen LogP) is 1.16. The van der Waals surface area contributed by atoms with Gasteiger partial charge in [-0.2, -0.15) is 4.39 Å².